The minimum absolute atomic E-state index is 0.180. The Morgan fingerprint density at radius 3 is 2.79 bits per heavy atom. The molecule has 0 aliphatic heterocycles. The normalized spacial score (nSPS) is 14.8. The molecule has 0 unspecified atom stereocenters. The van der Waals surface area contributed by atoms with Crippen LogP contribution < -0.4 is 5.32 Å². The van der Waals surface area contributed by atoms with Crippen LogP contribution in [-0.4, -0.2) is 15.6 Å². The van der Waals surface area contributed by atoms with Crippen molar-refractivity contribution in [2.45, 2.75) is 38.4 Å². The largest absolute Gasteiger partial charge is 0.333 e. The van der Waals surface area contributed by atoms with Crippen molar-refractivity contribution in [3.63, 3.8) is 0 Å². The Hall–Kier alpha value is -1.68. The molecule has 0 saturated heterocycles. The fraction of sp³-hybridized carbons (Fsp3) is 0.400. The lowest BCUT2D eigenvalue weighted by Crippen LogP contribution is -2.18. The van der Waals surface area contributed by atoms with Crippen LogP contribution in [0.3, 0.4) is 0 Å². The molecule has 1 heterocycles. The van der Waals surface area contributed by atoms with Crippen molar-refractivity contribution in [3.8, 4) is 0 Å². The zero-order chi connectivity index (χ0) is 13.1. The van der Waals surface area contributed by atoms with Gasteiger partial charge in [0.1, 0.15) is 5.82 Å². The highest BCUT2D eigenvalue weighted by molar-refractivity contribution is 5.16. The van der Waals surface area contributed by atoms with Gasteiger partial charge in [0, 0.05) is 25.3 Å². The first-order valence-electron chi connectivity index (χ1n) is 6.78. The minimum atomic E-state index is -0.180. The van der Waals surface area contributed by atoms with E-state index in [4.69, 9.17) is 0 Å². The van der Waals surface area contributed by atoms with Crippen molar-refractivity contribution in [2.75, 3.05) is 0 Å². The van der Waals surface area contributed by atoms with Gasteiger partial charge >= 0.3 is 0 Å². The van der Waals surface area contributed by atoms with Gasteiger partial charge in [-0.05, 0) is 37.0 Å². The molecule has 0 radical (unpaired) electrons. The molecule has 19 heavy (non-hydrogen) atoms. The fourth-order valence-corrected chi connectivity index (χ4v) is 2.13. The SMILES string of the molecule is Fc1ccc(CCn2cncc2CNC2CC2)cc1. The van der Waals surface area contributed by atoms with Crippen LogP contribution in [0.15, 0.2) is 36.8 Å². The van der Waals surface area contributed by atoms with Crippen LogP contribution in [-0.2, 0) is 19.5 Å². The van der Waals surface area contributed by atoms with Gasteiger partial charge in [-0.3, -0.25) is 0 Å². The van der Waals surface area contributed by atoms with E-state index in [2.05, 4.69) is 14.9 Å². The predicted molar refractivity (Wildman–Crippen MR) is 72.2 cm³/mol. The summed E-state index contributed by atoms with van der Waals surface area (Å²) in [6.45, 7) is 1.77. The Morgan fingerprint density at radius 2 is 2.05 bits per heavy atom. The quantitative estimate of drug-likeness (QED) is 0.864. The smallest absolute Gasteiger partial charge is 0.123 e. The third kappa shape index (κ3) is 3.41. The summed E-state index contributed by atoms with van der Waals surface area (Å²) in [6.07, 6.45) is 7.27. The molecule has 1 aliphatic rings. The molecule has 3 rings (SSSR count). The van der Waals surface area contributed by atoms with Crippen LogP contribution in [0.2, 0.25) is 0 Å². The topological polar surface area (TPSA) is 29.9 Å². The Balaban J connectivity index is 1.56. The molecular weight excluding hydrogens is 241 g/mol. The van der Waals surface area contributed by atoms with E-state index in [-0.39, 0.29) is 5.82 Å². The van der Waals surface area contributed by atoms with Crippen LogP contribution in [0.4, 0.5) is 4.39 Å². The van der Waals surface area contributed by atoms with Crippen LogP contribution in [0.1, 0.15) is 24.1 Å². The van der Waals surface area contributed by atoms with E-state index in [1.54, 1.807) is 0 Å². The standard InChI is InChI=1S/C15H18FN3/c16-13-3-1-12(2-4-13)7-8-19-11-17-9-15(19)10-18-14-5-6-14/h1-4,9,11,14,18H,5-8,10H2. The van der Waals surface area contributed by atoms with E-state index >= 15 is 0 Å². The number of aromatic nitrogens is 2. The second-order valence-corrected chi connectivity index (χ2v) is 5.11. The van der Waals surface area contributed by atoms with Crippen molar-refractivity contribution >= 4 is 0 Å². The summed E-state index contributed by atoms with van der Waals surface area (Å²) in [5, 5.41) is 3.49. The second-order valence-electron chi connectivity index (χ2n) is 5.11. The van der Waals surface area contributed by atoms with Crippen LogP contribution in [0, 0.1) is 5.82 Å². The van der Waals surface area contributed by atoms with Crippen LogP contribution >= 0.6 is 0 Å². The fourth-order valence-electron chi connectivity index (χ4n) is 2.13. The third-order valence-electron chi connectivity index (χ3n) is 3.50. The molecule has 1 aliphatic carbocycles. The highest BCUT2D eigenvalue weighted by Crippen LogP contribution is 2.19. The van der Waals surface area contributed by atoms with Crippen molar-refractivity contribution in [1.29, 1.82) is 0 Å². The summed E-state index contributed by atoms with van der Waals surface area (Å²) in [4.78, 5) is 4.21. The molecule has 1 aromatic carbocycles. The molecule has 3 nitrogen and oxygen atoms in total. The van der Waals surface area contributed by atoms with E-state index in [0.717, 1.165) is 25.1 Å². The third-order valence-corrected chi connectivity index (χ3v) is 3.50. The summed E-state index contributed by atoms with van der Waals surface area (Å²) in [7, 11) is 0. The van der Waals surface area contributed by atoms with Crippen LogP contribution in [0.5, 0.6) is 0 Å². The first-order valence-corrected chi connectivity index (χ1v) is 6.78. The molecule has 2 aromatic rings. The monoisotopic (exact) mass is 259 g/mol. The highest BCUT2D eigenvalue weighted by Gasteiger charge is 2.20. The number of rotatable bonds is 6. The number of nitrogens with zero attached hydrogens (tertiary/aromatic N) is 2. The molecule has 100 valence electrons. The Kier molecular flexibility index (Phi) is 3.60. The zero-order valence-corrected chi connectivity index (χ0v) is 10.8. The number of halogens is 1. The number of nitrogens with one attached hydrogen (secondary N) is 1. The van der Waals surface area contributed by atoms with Gasteiger partial charge in [0.2, 0.25) is 0 Å². The van der Waals surface area contributed by atoms with Gasteiger partial charge in [-0.25, -0.2) is 9.37 Å². The molecule has 0 bridgehead atoms. The van der Waals surface area contributed by atoms with Gasteiger partial charge in [-0.15, -0.1) is 0 Å². The number of benzene rings is 1. The maximum Gasteiger partial charge on any atom is 0.123 e. The second kappa shape index (κ2) is 5.53. The molecule has 1 N–H and O–H groups in total. The van der Waals surface area contributed by atoms with E-state index in [9.17, 15) is 4.39 Å². The average molecular weight is 259 g/mol. The summed E-state index contributed by atoms with van der Waals surface area (Å²) >= 11 is 0. The molecule has 1 saturated carbocycles. The molecule has 4 heteroatoms. The lowest BCUT2D eigenvalue weighted by atomic mass is 10.1. The molecular formula is C15H18FN3. The number of aryl methyl sites for hydroxylation is 2. The maximum atomic E-state index is 12.8. The molecule has 0 amide bonds. The Labute approximate surface area is 112 Å². The Morgan fingerprint density at radius 1 is 1.26 bits per heavy atom. The highest BCUT2D eigenvalue weighted by atomic mass is 19.1. The number of hydrogen-bond acceptors (Lipinski definition) is 2. The lowest BCUT2D eigenvalue weighted by molar-refractivity contribution is 0.604. The predicted octanol–water partition coefficient (Wildman–Crippen LogP) is 2.52. The van der Waals surface area contributed by atoms with Gasteiger partial charge in [-0.2, -0.15) is 0 Å². The minimum Gasteiger partial charge on any atom is -0.333 e. The van der Waals surface area contributed by atoms with E-state index in [0.29, 0.717) is 6.04 Å². The molecule has 1 aromatic heterocycles. The molecule has 1 fully saturated rings. The zero-order valence-electron chi connectivity index (χ0n) is 10.8. The number of hydrogen-bond donors (Lipinski definition) is 1. The van der Waals surface area contributed by atoms with Gasteiger partial charge in [-0.1, -0.05) is 12.1 Å². The van der Waals surface area contributed by atoms with Crippen molar-refractivity contribution in [1.82, 2.24) is 14.9 Å². The summed E-state index contributed by atoms with van der Waals surface area (Å²) in [6, 6.07) is 7.42. The number of imidazole rings is 1. The summed E-state index contributed by atoms with van der Waals surface area (Å²) in [5.41, 5.74) is 2.37. The molecule has 0 atom stereocenters. The van der Waals surface area contributed by atoms with Gasteiger partial charge < -0.3 is 9.88 Å². The summed E-state index contributed by atoms with van der Waals surface area (Å²) in [5.74, 6) is -0.180. The van der Waals surface area contributed by atoms with Gasteiger partial charge in [0.25, 0.3) is 0 Å². The van der Waals surface area contributed by atoms with Crippen molar-refractivity contribution in [3.05, 3.63) is 53.9 Å². The maximum absolute atomic E-state index is 12.8. The lowest BCUT2D eigenvalue weighted by Gasteiger charge is -2.09. The van der Waals surface area contributed by atoms with Gasteiger partial charge in [0.15, 0.2) is 0 Å². The van der Waals surface area contributed by atoms with E-state index in [1.165, 1.54) is 30.7 Å². The van der Waals surface area contributed by atoms with Crippen LogP contribution in [0.25, 0.3) is 0 Å². The molecule has 0 spiro atoms. The van der Waals surface area contributed by atoms with E-state index in [1.807, 2.05) is 24.7 Å². The first-order chi connectivity index (χ1) is 9.31. The average Bonchev–Trinajstić information content (AvgIpc) is 3.15. The van der Waals surface area contributed by atoms with Crippen molar-refractivity contribution < 1.29 is 4.39 Å². The first kappa shape index (κ1) is 12.4. The van der Waals surface area contributed by atoms with Crippen molar-refractivity contribution in [2.24, 2.45) is 0 Å². The van der Waals surface area contributed by atoms with E-state index < -0.39 is 0 Å². The van der Waals surface area contributed by atoms with Gasteiger partial charge in [0.05, 0.1) is 12.0 Å². The summed E-state index contributed by atoms with van der Waals surface area (Å²) < 4.78 is 15.0. The Bertz CT molecular complexity index is 529.